The zero-order valence-electron chi connectivity index (χ0n) is 13.2. The average Bonchev–Trinajstić information content (AvgIpc) is 2.55. The highest BCUT2D eigenvalue weighted by Crippen LogP contribution is 2.36. The summed E-state index contributed by atoms with van der Waals surface area (Å²) < 4.78 is 19.0. The van der Waals surface area contributed by atoms with Crippen LogP contribution in [-0.4, -0.2) is 30.1 Å². The molecule has 0 aliphatic heterocycles. The smallest absolute Gasteiger partial charge is 0.311 e. The molecule has 1 amide bonds. The quantitative estimate of drug-likeness (QED) is 0.844. The number of aliphatic carboxylic acids is 1. The van der Waals surface area contributed by atoms with Gasteiger partial charge in [0.05, 0.1) is 17.6 Å². The molecule has 1 aliphatic carbocycles. The highest BCUT2D eigenvalue weighted by Gasteiger charge is 2.40. The number of para-hydroxylation sites is 1. The second-order valence-corrected chi connectivity index (χ2v) is 5.88. The summed E-state index contributed by atoms with van der Waals surface area (Å²) in [5.74, 6) is -2.11. The fourth-order valence-corrected chi connectivity index (χ4v) is 3.02. The fourth-order valence-electron chi connectivity index (χ4n) is 3.02. The van der Waals surface area contributed by atoms with Crippen molar-refractivity contribution < 1.29 is 23.8 Å². The Labute approximate surface area is 134 Å². The maximum absolute atomic E-state index is 13.8. The first-order chi connectivity index (χ1) is 11.0. The molecule has 2 rings (SSSR count). The number of carbonyl (C=O) groups is 2. The summed E-state index contributed by atoms with van der Waals surface area (Å²) >= 11 is 0. The van der Waals surface area contributed by atoms with Crippen molar-refractivity contribution in [2.75, 3.05) is 13.2 Å². The minimum Gasteiger partial charge on any atom is -0.490 e. The van der Waals surface area contributed by atoms with E-state index in [1.807, 2.05) is 0 Å². The van der Waals surface area contributed by atoms with E-state index in [-0.39, 0.29) is 24.5 Å². The Morgan fingerprint density at radius 2 is 2.00 bits per heavy atom. The SMILES string of the molecule is CCOc1c(F)cccc1C(=O)NCC1(C(=O)O)CCCCC1. The molecule has 1 aliphatic rings. The average molecular weight is 323 g/mol. The summed E-state index contributed by atoms with van der Waals surface area (Å²) in [4.78, 5) is 24.0. The predicted octanol–water partition coefficient (Wildman–Crippen LogP) is 2.99. The van der Waals surface area contributed by atoms with Gasteiger partial charge in [0, 0.05) is 6.54 Å². The summed E-state index contributed by atoms with van der Waals surface area (Å²) in [5.41, 5.74) is -0.837. The minimum atomic E-state index is -0.924. The number of carboxylic acids is 1. The summed E-state index contributed by atoms with van der Waals surface area (Å²) in [6, 6.07) is 4.12. The topological polar surface area (TPSA) is 75.6 Å². The predicted molar refractivity (Wildman–Crippen MR) is 83.1 cm³/mol. The molecule has 1 saturated carbocycles. The number of rotatable bonds is 6. The van der Waals surface area contributed by atoms with E-state index in [1.54, 1.807) is 6.92 Å². The first-order valence-corrected chi connectivity index (χ1v) is 7.93. The molecule has 0 atom stereocenters. The lowest BCUT2D eigenvalue weighted by molar-refractivity contribution is -0.150. The van der Waals surface area contributed by atoms with Crippen LogP contribution in [0.2, 0.25) is 0 Å². The van der Waals surface area contributed by atoms with Crippen LogP contribution < -0.4 is 10.1 Å². The first-order valence-electron chi connectivity index (χ1n) is 7.93. The third-order valence-corrected chi connectivity index (χ3v) is 4.35. The number of carboxylic acid groups (broad SMARTS) is 1. The van der Waals surface area contributed by atoms with Crippen molar-refractivity contribution >= 4 is 11.9 Å². The highest BCUT2D eigenvalue weighted by molar-refractivity contribution is 5.97. The molecule has 0 bridgehead atoms. The van der Waals surface area contributed by atoms with Crippen LogP contribution in [0.4, 0.5) is 4.39 Å². The maximum Gasteiger partial charge on any atom is 0.311 e. The van der Waals surface area contributed by atoms with Gasteiger partial charge in [-0.15, -0.1) is 0 Å². The molecule has 2 N–H and O–H groups in total. The standard InChI is InChI=1S/C17H22FNO4/c1-2-23-14-12(7-6-8-13(14)18)15(20)19-11-17(16(21)22)9-4-3-5-10-17/h6-8H,2-5,9-11H2,1H3,(H,19,20)(H,21,22). The van der Waals surface area contributed by atoms with Crippen LogP contribution in [0.3, 0.4) is 0 Å². The van der Waals surface area contributed by atoms with Gasteiger partial charge in [-0.25, -0.2) is 4.39 Å². The van der Waals surface area contributed by atoms with Crippen LogP contribution >= 0.6 is 0 Å². The van der Waals surface area contributed by atoms with Gasteiger partial charge in [0.25, 0.3) is 5.91 Å². The summed E-state index contributed by atoms with van der Waals surface area (Å²) in [7, 11) is 0. The number of halogens is 1. The maximum atomic E-state index is 13.8. The Morgan fingerprint density at radius 3 is 2.61 bits per heavy atom. The lowest BCUT2D eigenvalue weighted by atomic mass is 9.74. The van der Waals surface area contributed by atoms with Gasteiger partial charge < -0.3 is 15.2 Å². The second kappa shape index (κ2) is 7.44. The number of benzene rings is 1. The van der Waals surface area contributed by atoms with Crippen LogP contribution in [-0.2, 0) is 4.79 Å². The Kier molecular flexibility index (Phi) is 5.58. The lowest BCUT2D eigenvalue weighted by Crippen LogP contribution is -2.44. The van der Waals surface area contributed by atoms with E-state index >= 15 is 0 Å². The zero-order valence-corrected chi connectivity index (χ0v) is 13.2. The van der Waals surface area contributed by atoms with E-state index < -0.39 is 23.1 Å². The van der Waals surface area contributed by atoms with Crippen LogP contribution in [0.25, 0.3) is 0 Å². The van der Waals surface area contributed by atoms with E-state index in [0.29, 0.717) is 12.8 Å². The van der Waals surface area contributed by atoms with Crippen LogP contribution in [0.1, 0.15) is 49.4 Å². The van der Waals surface area contributed by atoms with Crippen molar-refractivity contribution in [2.45, 2.75) is 39.0 Å². The van der Waals surface area contributed by atoms with E-state index in [9.17, 15) is 19.1 Å². The Balaban J connectivity index is 2.13. The molecule has 6 heteroatoms. The van der Waals surface area contributed by atoms with Gasteiger partial charge in [-0.05, 0) is 31.9 Å². The van der Waals surface area contributed by atoms with Crippen molar-refractivity contribution in [3.63, 3.8) is 0 Å². The molecule has 1 aromatic rings. The van der Waals surface area contributed by atoms with Crippen LogP contribution in [0, 0.1) is 11.2 Å². The second-order valence-electron chi connectivity index (χ2n) is 5.88. The fraction of sp³-hybridized carbons (Fsp3) is 0.529. The normalized spacial score (nSPS) is 16.6. The monoisotopic (exact) mass is 323 g/mol. The zero-order chi connectivity index (χ0) is 16.9. The highest BCUT2D eigenvalue weighted by atomic mass is 19.1. The van der Waals surface area contributed by atoms with Crippen molar-refractivity contribution in [1.82, 2.24) is 5.32 Å². The number of nitrogens with one attached hydrogen (secondary N) is 1. The summed E-state index contributed by atoms with van der Waals surface area (Å²) in [6.07, 6.45) is 3.79. The molecule has 1 aromatic carbocycles. The Bertz CT molecular complexity index is 582. The van der Waals surface area contributed by atoms with Crippen molar-refractivity contribution in [3.8, 4) is 5.75 Å². The van der Waals surface area contributed by atoms with Gasteiger partial charge in [0.2, 0.25) is 0 Å². The molecule has 1 fully saturated rings. The molecular weight excluding hydrogens is 301 g/mol. The summed E-state index contributed by atoms with van der Waals surface area (Å²) in [6.45, 7) is 1.99. The molecule has 0 radical (unpaired) electrons. The Morgan fingerprint density at radius 1 is 1.30 bits per heavy atom. The molecule has 0 unspecified atom stereocenters. The third kappa shape index (κ3) is 3.81. The third-order valence-electron chi connectivity index (χ3n) is 4.35. The van der Waals surface area contributed by atoms with Gasteiger partial charge >= 0.3 is 5.97 Å². The molecule has 0 spiro atoms. The molecule has 0 aromatic heterocycles. The van der Waals surface area contributed by atoms with Crippen LogP contribution in [0.5, 0.6) is 5.75 Å². The van der Waals surface area contributed by atoms with Gasteiger partial charge in [-0.2, -0.15) is 0 Å². The van der Waals surface area contributed by atoms with E-state index in [1.165, 1.54) is 18.2 Å². The molecule has 23 heavy (non-hydrogen) atoms. The number of amides is 1. The largest absolute Gasteiger partial charge is 0.490 e. The molecule has 0 heterocycles. The van der Waals surface area contributed by atoms with E-state index in [2.05, 4.69) is 5.32 Å². The molecular formula is C17H22FNO4. The van der Waals surface area contributed by atoms with E-state index in [0.717, 1.165) is 19.3 Å². The van der Waals surface area contributed by atoms with Gasteiger partial charge in [-0.1, -0.05) is 25.3 Å². The number of hydrogen-bond donors (Lipinski definition) is 2. The molecule has 126 valence electrons. The summed E-state index contributed by atoms with van der Waals surface area (Å²) in [5, 5.41) is 12.2. The van der Waals surface area contributed by atoms with E-state index in [4.69, 9.17) is 4.74 Å². The molecule has 5 nitrogen and oxygen atoms in total. The van der Waals surface area contributed by atoms with Gasteiger partial charge in [0.1, 0.15) is 0 Å². The number of hydrogen-bond acceptors (Lipinski definition) is 3. The van der Waals surface area contributed by atoms with Crippen molar-refractivity contribution in [2.24, 2.45) is 5.41 Å². The Hall–Kier alpha value is -2.11. The van der Waals surface area contributed by atoms with Gasteiger partial charge in [0.15, 0.2) is 11.6 Å². The number of carbonyl (C=O) groups excluding carboxylic acids is 1. The lowest BCUT2D eigenvalue weighted by Gasteiger charge is -2.33. The number of ether oxygens (including phenoxy) is 1. The van der Waals surface area contributed by atoms with Crippen LogP contribution in [0.15, 0.2) is 18.2 Å². The first kappa shape index (κ1) is 17.2. The van der Waals surface area contributed by atoms with Crippen molar-refractivity contribution in [1.29, 1.82) is 0 Å². The van der Waals surface area contributed by atoms with Gasteiger partial charge in [-0.3, -0.25) is 9.59 Å². The minimum absolute atomic E-state index is 0.0449. The van der Waals surface area contributed by atoms with Crippen molar-refractivity contribution in [3.05, 3.63) is 29.6 Å². The molecule has 0 saturated heterocycles.